The van der Waals surface area contributed by atoms with E-state index < -0.39 is 26.2 Å². The van der Waals surface area contributed by atoms with Crippen molar-refractivity contribution in [1.29, 1.82) is 0 Å². The van der Waals surface area contributed by atoms with E-state index in [0.29, 0.717) is 0 Å². The van der Waals surface area contributed by atoms with Gasteiger partial charge in [0.05, 0.1) is 12.8 Å². The Hall–Kier alpha value is -1.11. The molecule has 0 rings (SSSR count). The molecule has 0 aromatic carbocycles. The first-order valence-electron chi connectivity index (χ1n) is 4.52. The highest BCUT2D eigenvalue weighted by atomic mass is 79.9. The largest absolute Gasteiger partial charge is 0.481 e. The van der Waals surface area contributed by atoms with Gasteiger partial charge in [-0.05, 0) is 6.92 Å². The summed E-state index contributed by atoms with van der Waals surface area (Å²) < 4.78 is 31.2. The van der Waals surface area contributed by atoms with Gasteiger partial charge in [0.1, 0.15) is 4.16 Å². The molecule has 9 heteroatoms. The first kappa shape index (κ1) is 19.2. The maximum atomic E-state index is 10.5. The number of carbonyl (C=O) groups is 2. The van der Waals surface area contributed by atoms with Gasteiger partial charge in [-0.3, -0.25) is 14.1 Å². The van der Waals surface area contributed by atoms with E-state index in [1.165, 1.54) is 6.92 Å². The molecular formula is C9H13BrO7S. The Morgan fingerprint density at radius 3 is 2.17 bits per heavy atom. The number of aliphatic carboxylic acids is 1. The number of esters is 1. The van der Waals surface area contributed by atoms with Crippen molar-refractivity contribution in [2.24, 2.45) is 0 Å². The van der Waals surface area contributed by atoms with Crippen LogP contribution in [0.3, 0.4) is 0 Å². The smallest absolute Gasteiger partial charge is 0.307 e. The van der Waals surface area contributed by atoms with Crippen LogP contribution in [0.1, 0.15) is 19.8 Å². The lowest BCUT2D eigenvalue weighted by Crippen LogP contribution is -2.07. The van der Waals surface area contributed by atoms with Crippen LogP contribution < -0.4 is 0 Å². The van der Waals surface area contributed by atoms with Gasteiger partial charge in [0.25, 0.3) is 10.1 Å². The fourth-order valence-electron chi connectivity index (χ4n) is 0.403. The van der Waals surface area contributed by atoms with E-state index in [0.717, 1.165) is 0 Å². The van der Waals surface area contributed by atoms with E-state index in [1.807, 2.05) is 0 Å². The Bertz CT molecular complexity index is 407. The lowest BCUT2D eigenvalue weighted by molar-refractivity contribution is -0.146. The summed E-state index contributed by atoms with van der Waals surface area (Å²) in [5, 5.41) is 8.14. The van der Waals surface area contributed by atoms with E-state index in [1.54, 1.807) is 0 Å². The molecule has 0 aliphatic carbocycles. The van der Waals surface area contributed by atoms with Crippen LogP contribution in [0.4, 0.5) is 0 Å². The second-order valence-electron chi connectivity index (χ2n) is 2.82. The third-order valence-corrected chi connectivity index (χ3v) is 3.51. The average molecular weight is 345 g/mol. The molecule has 0 spiro atoms. The van der Waals surface area contributed by atoms with Gasteiger partial charge in [-0.25, -0.2) is 0 Å². The van der Waals surface area contributed by atoms with Crippen molar-refractivity contribution < 1.29 is 32.4 Å². The van der Waals surface area contributed by atoms with Crippen LogP contribution in [0.25, 0.3) is 0 Å². The number of alkyl halides is 1. The molecule has 0 aromatic heterocycles. The van der Waals surface area contributed by atoms with Crippen LogP contribution in [-0.2, 0) is 24.4 Å². The fraction of sp³-hybridized carbons (Fsp3) is 0.556. The van der Waals surface area contributed by atoms with E-state index in [9.17, 15) is 18.0 Å². The van der Waals surface area contributed by atoms with Gasteiger partial charge in [0.2, 0.25) is 0 Å². The fourth-order valence-corrected chi connectivity index (χ4v) is 0.403. The van der Waals surface area contributed by atoms with E-state index in [4.69, 9.17) is 16.1 Å². The molecule has 2 N–H and O–H groups in total. The predicted octanol–water partition coefficient (Wildman–Crippen LogP) is 0.643. The molecule has 0 amide bonds. The van der Waals surface area contributed by atoms with E-state index in [-0.39, 0.29) is 19.4 Å². The number of carbonyl (C=O) groups excluding carboxylic acids is 1. The first-order valence-corrected chi connectivity index (χ1v) is 6.94. The van der Waals surface area contributed by atoms with Crippen molar-refractivity contribution in [1.82, 2.24) is 0 Å². The maximum absolute atomic E-state index is 10.5. The van der Waals surface area contributed by atoms with Crippen LogP contribution in [0.2, 0.25) is 0 Å². The molecule has 7 nitrogen and oxygen atoms in total. The molecule has 0 saturated heterocycles. The molecule has 1 unspecified atom stereocenters. The lowest BCUT2D eigenvalue weighted by atomic mass is 10.3. The molecule has 1 atom stereocenters. The molecule has 0 aromatic rings. The number of rotatable bonds is 5. The van der Waals surface area contributed by atoms with Crippen LogP contribution in [0.5, 0.6) is 0 Å². The molecule has 0 radical (unpaired) electrons. The van der Waals surface area contributed by atoms with Crippen molar-refractivity contribution >= 4 is 38.0 Å². The molecule has 0 bridgehead atoms. The number of ether oxygens (including phenoxy) is 1. The Morgan fingerprint density at radius 1 is 1.44 bits per heavy atom. The summed E-state index contributed by atoms with van der Waals surface area (Å²) in [6.07, 6.45) is 4.44. The van der Waals surface area contributed by atoms with Crippen molar-refractivity contribution in [3.63, 3.8) is 0 Å². The number of carboxylic acid groups (broad SMARTS) is 1. The second kappa shape index (κ2) is 9.87. The quantitative estimate of drug-likeness (QED) is 0.325. The van der Waals surface area contributed by atoms with Gasteiger partial charge in [-0.1, -0.05) is 21.9 Å². The van der Waals surface area contributed by atoms with Crippen LogP contribution >= 0.6 is 15.9 Å². The van der Waals surface area contributed by atoms with Gasteiger partial charge in [-0.15, -0.1) is 6.42 Å². The molecule has 0 aliphatic heterocycles. The minimum absolute atomic E-state index is 0.0988. The summed E-state index contributed by atoms with van der Waals surface area (Å²) in [7, 11) is -3.82. The second-order valence-corrected chi connectivity index (χ2v) is 6.53. The highest BCUT2D eigenvalue weighted by Gasteiger charge is 2.10. The van der Waals surface area contributed by atoms with Crippen molar-refractivity contribution in [3.05, 3.63) is 0 Å². The molecule has 18 heavy (non-hydrogen) atoms. The Labute approximate surface area is 113 Å². The zero-order valence-electron chi connectivity index (χ0n) is 9.50. The van der Waals surface area contributed by atoms with Gasteiger partial charge < -0.3 is 9.84 Å². The minimum atomic E-state index is -3.82. The van der Waals surface area contributed by atoms with E-state index >= 15 is 0 Å². The first-order chi connectivity index (χ1) is 8.11. The lowest BCUT2D eigenvalue weighted by Gasteiger charge is -1.96. The van der Waals surface area contributed by atoms with Gasteiger partial charge >= 0.3 is 11.9 Å². The summed E-state index contributed by atoms with van der Waals surface area (Å²) in [5.41, 5.74) is 0. The maximum Gasteiger partial charge on any atom is 0.307 e. The van der Waals surface area contributed by atoms with E-state index in [2.05, 4.69) is 26.6 Å². The normalized spacial score (nSPS) is 11.4. The summed E-state index contributed by atoms with van der Waals surface area (Å²) in [5.74, 6) is 0.492. The van der Waals surface area contributed by atoms with Crippen molar-refractivity contribution in [3.8, 4) is 12.3 Å². The molecule has 0 heterocycles. The zero-order chi connectivity index (χ0) is 14.8. The van der Waals surface area contributed by atoms with Crippen LogP contribution in [0, 0.1) is 12.3 Å². The molecule has 0 saturated carbocycles. The number of hydrogen-bond donors (Lipinski definition) is 2. The van der Waals surface area contributed by atoms with Gasteiger partial charge in [0, 0.05) is 0 Å². The third kappa shape index (κ3) is 14.9. The standard InChI is InChI=1S/C7H8O4.C2H5BrO3S/c1-2-5-11-7(10)4-3-6(8)9;1-2(3)7(4,5)6/h1H,3-5H2,(H,8,9);2H,1H3,(H,4,5,6). The Kier molecular flexibility index (Phi) is 10.6. The SMILES string of the molecule is C#CCOC(=O)CCC(=O)O.CC(Br)S(=O)(=O)O. The number of hydrogen-bond acceptors (Lipinski definition) is 5. The Balaban J connectivity index is 0. The summed E-state index contributed by atoms with van der Waals surface area (Å²) in [4.78, 5) is 20.5. The van der Waals surface area contributed by atoms with Crippen molar-refractivity contribution in [2.45, 2.75) is 23.9 Å². The molecule has 104 valence electrons. The summed E-state index contributed by atoms with van der Waals surface area (Å²) in [6.45, 7) is 1.23. The van der Waals surface area contributed by atoms with Gasteiger partial charge in [0.15, 0.2) is 6.61 Å². The Morgan fingerprint density at radius 2 is 1.89 bits per heavy atom. The molecule has 0 fully saturated rings. The summed E-state index contributed by atoms with van der Waals surface area (Å²) in [6, 6.07) is 0. The minimum Gasteiger partial charge on any atom is -0.481 e. The van der Waals surface area contributed by atoms with Gasteiger partial charge in [-0.2, -0.15) is 8.42 Å². The van der Waals surface area contributed by atoms with Crippen molar-refractivity contribution in [2.75, 3.05) is 6.61 Å². The monoisotopic (exact) mass is 344 g/mol. The van der Waals surface area contributed by atoms with Crippen LogP contribution in [0.15, 0.2) is 0 Å². The highest BCUT2D eigenvalue weighted by molar-refractivity contribution is 9.11. The number of terminal acetylenes is 1. The predicted molar refractivity (Wildman–Crippen MR) is 66.6 cm³/mol. The molecular weight excluding hydrogens is 332 g/mol. The summed E-state index contributed by atoms with van der Waals surface area (Å²) >= 11 is 2.66. The molecule has 0 aliphatic rings. The topological polar surface area (TPSA) is 118 Å². The third-order valence-electron chi connectivity index (χ3n) is 1.27. The average Bonchev–Trinajstić information content (AvgIpc) is 2.23. The number of halogens is 1. The zero-order valence-corrected chi connectivity index (χ0v) is 11.9. The van der Waals surface area contributed by atoms with Crippen LogP contribution in [-0.4, -0.2) is 40.8 Å². The highest BCUT2D eigenvalue weighted by Crippen LogP contribution is 2.03. The number of carboxylic acids is 1.